The van der Waals surface area contributed by atoms with Gasteiger partial charge in [-0.25, -0.2) is 14.5 Å². The van der Waals surface area contributed by atoms with Crippen LogP contribution in [0, 0.1) is 13.8 Å². The minimum Gasteiger partial charge on any atom is -0.464 e. The molecule has 2 aromatic rings. The lowest BCUT2D eigenvalue weighted by Crippen LogP contribution is -2.06. The number of rotatable bonds is 2. The number of ether oxygens (including phenoxy) is 1. The third-order valence-corrected chi connectivity index (χ3v) is 2.46. The van der Waals surface area contributed by atoms with E-state index in [-0.39, 0.29) is 5.69 Å². The highest BCUT2D eigenvalue weighted by atomic mass is 16.5. The molecule has 88 valence electrons. The molecule has 0 unspecified atom stereocenters. The normalized spacial score (nSPS) is 10.3. The molecule has 0 N–H and O–H groups in total. The monoisotopic (exact) mass is 231 g/mol. The predicted molar refractivity (Wildman–Crippen MR) is 62.2 cm³/mol. The second-order valence-electron chi connectivity index (χ2n) is 3.72. The van der Waals surface area contributed by atoms with Gasteiger partial charge in [0.2, 0.25) is 0 Å². The smallest absolute Gasteiger partial charge is 0.358 e. The Morgan fingerprint density at radius 1 is 1.41 bits per heavy atom. The molecule has 5 heteroatoms. The first kappa shape index (κ1) is 11.3. The Morgan fingerprint density at radius 3 is 2.82 bits per heavy atom. The molecule has 2 aromatic heterocycles. The van der Waals surface area contributed by atoms with Crippen molar-refractivity contribution in [1.29, 1.82) is 0 Å². The Morgan fingerprint density at radius 2 is 2.18 bits per heavy atom. The highest BCUT2D eigenvalue weighted by Crippen LogP contribution is 2.13. The fourth-order valence-corrected chi connectivity index (χ4v) is 1.59. The molecule has 2 heterocycles. The summed E-state index contributed by atoms with van der Waals surface area (Å²) in [6, 6.07) is 5.49. The van der Waals surface area contributed by atoms with Gasteiger partial charge in [-0.05, 0) is 31.5 Å². The van der Waals surface area contributed by atoms with Gasteiger partial charge >= 0.3 is 5.97 Å². The van der Waals surface area contributed by atoms with Crippen LogP contribution < -0.4 is 0 Å². The molecule has 0 atom stereocenters. The van der Waals surface area contributed by atoms with Crippen LogP contribution in [0.4, 0.5) is 0 Å². The Bertz CT molecular complexity index is 561. The van der Waals surface area contributed by atoms with Crippen molar-refractivity contribution in [2.24, 2.45) is 0 Å². The number of nitrogens with zero attached hydrogens (tertiary/aromatic N) is 3. The first-order chi connectivity index (χ1) is 8.13. The van der Waals surface area contributed by atoms with E-state index in [1.54, 1.807) is 16.9 Å². The standard InChI is InChI=1S/C12H13N3O2/c1-8-5-4-6-13-11(8)15-9(2)7-10(14-15)12(16)17-3/h4-7H,1-3H3. The lowest BCUT2D eigenvalue weighted by atomic mass is 10.3. The van der Waals surface area contributed by atoms with Gasteiger partial charge in [-0.2, -0.15) is 5.10 Å². The number of methoxy groups -OCH3 is 1. The van der Waals surface area contributed by atoms with Gasteiger partial charge in [0.1, 0.15) is 0 Å². The Hall–Kier alpha value is -2.17. The summed E-state index contributed by atoms with van der Waals surface area (Å²) in [7, 11) is 1.34. The second kappa shape index (κ2) is 4.37. The minimum absolute atomic E-state index is 0.287. The number of carbonyl (C=O) groups excluding carboxylic acids is 1. The van der Waals surface area contributed by atoms with Gasteiger partial charge in [0.15, 0.2) is 11.5 Å². The highest BCUT2D eigenvalue weighted by molar-refractivity contribution is 5.87. The fourth-order valence-electron chi connectivity index (χ4n) is 1.59. The maximum atomic E-state index is 11.4. The van der Waals surface area contributed by atoms with Crippen LogP contribution in [-0.2, 0) is 4.74 Å². The van der Waals surface area contributed by atoms with Crippen LogP contribution in [-0.4, -0.2) is 27.8 Å². The van der Waals surface area contributed by atoms with E-state index in [9.17, 15) is 4.79 Å². The number of esters is 1. The zero-order valence-electron chi connectivity index (χ0n) is 9.97. The maximum absolute atomic E-state index is 11.4. The van der Waals surface area contributed by atoms with Crippen molar-refractivity contribution in [2.45, 2.75) is 13.8 Å². The summed E-state index contributed by atoms with van der Waals surface area (Å²) in [5, 5.41) is 4.19. The highest BCUT2D eigenvalue weighted by Gasteiger charge is 2.14. The summed E-state index contributed by atoms with van der Waals surface area (Å²) in [5.74, 6) is 0.278. The van der Waals surface area contributed by atoms with E-state index < -0.39 is 5.97 Å². The van der Waals surface area contributed by atoms with Crippen molar-refractivity contribution in [3.8, 4) is 5.82 Å². The number of aryl methyl sites for hydroxylation is 2. The molecule has 17 heavy (non-hydrogen) atoms. The van der Waals surface area contributed by atoms with Gasteiger partial charge in [-0.15, -0.1) is 0 Å². The van der Waals surface area contributed by atoms with Crippen molar-refractivity contribution in [1.82, 2.24) is 14.8 Å². The molecule has 0 fully saturated rings. The quantitative estimate of drug-likeness (QED) is 0.738. The molecule has 5 nitrogen and oxygen atoms in total. The maximum Gasteiger partial charge on any atom is 0.358 e. The van der Waals surface area contributed by atoms with Gasteiger partial charge in [-0.1, -0.05) is 6.07 Å². The van der Waals surface area contributed by atoms with E-state index in [0.29, 0.717) is 0 Å². The van der Waals surface area contributed by atoms with E-state index in [2.05, 4.69) is 14.8 Å². The molecule has 2 rings (SSSR count). The number of pyridine rings is 1. The van der Waals surface area contributed by atoms with E-state index in [1.165, 1.54) is 7.11 Å². The third kappa shape index (κ3) is 2.04. The molecule has 0 saturated heterocycles. The fraction of sp³-hybridized carbons (Fsp3) is 0.250. The van der Waals surface area contributed by atoms with Gasteiger partial charge in [0, 0.05) is 11.9 Å². The lowest BCUT2D eigenvalue weighted by molar-refractivity contribution is 0.0593. The second-order valence-corrected chi connectivity index (χ2v) is 3.72. The zero-order valence-corrected chi connectivity index (χ0v) is 9.97. The largest absolute Gasteiger partial charge is 0.464 e. The van der Waals surface area contributed by atoms with Crippen molar-refractivity contribution in [3.05, 3.63) is 41.3 Å². The van der Waals surface area contributed by atoms with Gasteiger partial charge in [-0.3, -0.25) is 0 Å². The molecule has 0 aliphatic carbocycles. The molecule has 0 aliphatic heterocycles. The SMILES string of the molecule is COC(=O)c1cc(C)n(-c2ncccc2C)n1. The Balaban J connectivity index is 2.50. The molecule has 0 spiro atoms. The summed E-state index contributed by atoms with van der Waals surface area (Å²) in [4.78, 5) is 15.6. The van der Waals surface area contributed by atoms with Crippen molar-refractivity contribution in [3.63, 3.8) is 0 Å². The number of hydrogen-bond donors (Lipinski definition) is 0. The first-order valence-electron chi connectivity index (χ1n) is 5.20. The lowest BCUT2D eigenvalue weighted by Gasteiger charge is -2.05. The average Bonchev–Trinajstić information content (AvgIpc) is 2.71. The third-order valence-electron chi connectivity index (χ3n) is 2.46. The number of carbonyl (C=O) groups is 1. The summed E-state index contributed by atoms with van der Waals surface area (Å²) in [5.41, 5.74) is 2.12. The molecule has 0 bridgehead atoms. The summed E-state index contributed by atoms with van der Waals surface area (Å²) < 4.78 is 6.28. The van der Waals surface area contributed by atoms with E-state index in [0.717, 1.165) is 17.1 Å². The van der Waals surface area contributed by atoms with E-state index in [4.69, 9.17) is 0 Å². The van der Waals surface area contributed by atoms with Crippen LogP contribution in [0.15, 0.2) is 24.4 Å². The van der Waals surface area contributed by atoms with Crippen molar-refractivity contribution in [2.75, 3.05) is 7.11 Å². The summed E-state index contributed by atoms with van der Waals surface area (Å²) in [6.45, 7) is 3.81. The van der Waals surface area contributed by atoms with E-state index in [1.807, 2.05) is 26.0 Å². The van der Waals surface area contributed by atoms with Gasteiger partial charge in [0.25, 0.3) is 0 Å². The van der Waals surface area contributed by atoms with Crippen molar-refractivity contribution < 1.29 is 9.53 Å². The minimum atomic E-state index is -0.444. The van der Waals surface area contributed by atoms with Gasteiger partial charge < -0.3 is 4.74 Å². The molecule has 0 amide bonds. The molecular weight excluding hydrogens is 218 g/mol. The summed E-state index contributed by atoms with van der Waals surface area (Å²) in [6.07, 6.45) is 1.70. The summed E-state index contributed by atoms with van der Waals surface area (Å²) >= 11 is 0. The Kier molecular flexibility index (Phi) is 2.91. The van der Waals surface area contributed by atoms with Crippen LogP contribution in [0.1, 0.15) is 21.7 Å². The van der Waals surface area contributed by atoms with Crippen LogP contribution in [0.25, 0.3) is 5.82 Å². The topological polar surface area (TPSA) is 57.0 Å². The molecule has 0 aromatic carbocycles. The molecule has 0 aliphatic rings. The predicted octanol–water partition coefficient (Wildman–Crippen LogP) is 1.67. The molecule has 0 radical (unpaired) electrons. The van der Waals surface area contributed by atoms with Crippen LogP contribution in [0.5, 0.6) is 0 Å². The van der Waals surface area contributed by atoms with E-state index >= 15 is 0 Å². The van der Waals surface area contributed by atoms with Crippen LogP contribution >= 0.6 is 0 Å². The number of hydrogen-bond acceptors (Lipinski definition) is 4. The van der Waals surface area contributed by atoms with Gasteiger partial charge in [0.05, 0.1) is 7.11 Å². The molecular formula is C12H13N3O2. The Labute approximate surface area is 99.1 Å². The van der Waals surface area contributed by atoms with Crippen molar-refractivity contribution >= 4 is 5.97 Å². The number of aromatic nitrogens is 3. The average molecular weight is 231 g/mol. The molecule has 0 saturated carbocycles. The first-order valence-corrected chi connectivity index (χ1v) is 5.20. The van der Waals surface area contributed by atoms with Crippen LogP contribution in [0.3, 0.4) is 0 Å². The van der Waals surface area contributed by atoms with Crippen LogP contribution in [0.2, 0.25) is 0 Å². The zero-order chi connectivity index (χ0) is 12.4.